The largest absolute Gasteiger partial charge is 0.399 e. The van der Waals surface area contributed by atoms with E-state index >= 15 is 0 Å². The molecule has 0 spiro atoms. The molecule has 0 saturated carbocycles. The molecule has 0 aromatic heterocycles. The monoisotopic (exact) mass is 316 g/mol. The van der Waals surface area contributed by atoms with Crippen molar-refractivity contribution in [1.82, 2.24) is 0 Å². The van der Waals surface area contributed by atoms with Crippen molar-refractivity contribution in [3.63, 3.8) is 0 Å². The molecule has 0 radical (unpaired) electrons. The number of para-hydroxylation sites is 1. The van der Waals surface area contributed by atoms with E-state index in [-0.39, 0.29) is 0 Å². The van der Waals surface area contributed by atoms with Gasteiger partial charge in [0, 0.05) is 28.9 Å². The molecule has 1 aliphatic heterocycles. The lowest BCUT2D eigenvalue weighted by Gasteiger charge is -2.31. The molecule has 2 nitrogen and oxygen atoms in total. The molecular formula is C16H17BrN2. The van der Waals surface area contributed by atoms with Gasteiger partial charge in [0.15, 0.2) is 0 Å². The van der Waals surface area contributed by atoms with E-state index in [1.807, 2.05) is 6.07 Å². The maximum Gasteiger partial charge on any atom is 0.0430 e. The zero-order valence-corrected chi connectivity index (χ0v) is 12.4. The van der Waals surface area contributed by atoms with Crippen LogP contribution in [0.25, 0.3) is 0 Å². The average Bonchev–Trinajstić information content (AvgIpc) is 2.38. The number of rotatable bonds is 2. The highest BCUT2D eigenvalue weighted by atomic mass is 79.9. The van der Waals surface area contributed by atoms with Crippen LogP contribution in [0.4, 0.5) is 11.4 Å². The van der Waals surface area contributed by atoms with Crippen molar-refractivity contribution in [2.45, 2.75) is 19.4 Å². The maximum atomic E-state index is 5.91. The fraction of sp³-hybridized carbons (Fsp3) is 0.250. The third-order valence-electron chi connectivity index (χ3n) is 3.56. The van der Waals surface area contributed by atoms with Crippen molar-refractivity contribution >= 4 is 27.3 Å². The third kappa shape index (κ3) is 2.76. The highest BCUT2D eigenvalue weighted by Crippen LogP contribution is 2.29. The second-order valence-corrected chi connectivity index (χ2v) is 5.96. The van der Waals surface area contributed by atoms with Crippen molar-refractivity contribution in [2.75, 3.05) is 17.2 Å². The summed E-state index contributed by atoms with van der Waals surface area (Å²) >= 11 is 3.51. The molecule has 98 valence electrons. The summed E-state index contributed by atoms with van der Waals surface area (Å²) in [5.41, 5.74) is 10.8. The Labute approximate surface area is 122 Å². The van der Waals surface area contributed by atoms with Crippen LogP contribution in [0.15, 0.2) is 46.9 Å². The summed E-state index contributed by atoms with van der Waals surface area (Å²) in [7, 11) is 0. The minimum atomic E-state index is 0.815. The van der Waals surface area contributed by atoms with Gasteiger partial charge in [-0.1, -0.05) is 34.1 Å². The molecule has 0 bridgehead atoms. The SMILES string of the molecule is Nc1cc(Br)cc(CN2CCCc3ccccc32)c1. The fourth-order valence-electron chi connectivity index (χ4n) is 2.76. The van der Waals surface area contributed by atoms with Gasteiger partial charge < -0.3 is 10.6 Å². The van der Waals surface area contributed by atoms with Crippen molar-refractivity contribution in [3.8, 4) is 0 Å². The van der Waals surface area contributed by atoms with Crippen LogP contribution in [0.1, 0.15) is 17.5 Å². The van der Waals surface area contributed by atoms with Crippen molar-refractivity contribution < 1.29 is 0 Å². The van der Waals surface area contributed by atoms with E-state index in [0.29, 0.717) is 0 Å². The highest BCUT2D eigenvalue weighted by molar-refractivity contribution is 9.10. The lowest BCUT2D eigenvalue weighted by molar-refractivity contribution is 0.691. The minimum absolute atomic E-state index is 0.815. The van der Waals surface area contributed by atoms with Gasteiger partial charge in [-0.2, -0.15) is 0 Å². The molecule has 2 N–H and O–H groups in total. The van der Waals surface area contributed by atoms with E-state index in [4.69, 9.17) is 5.73 Å². The number of benzene rings is 2. The fourth-order valence-corrected chi connectivity index (χ4v) is 3.32. The smallest absolute Gasteiger partial charge is 0.0430 e. The van der Waals surface area contributed by atoms with Crippen LogP contribution in [0.3, 0.4) is 0 Å². The van der Waals surface area contributed by atoms with Crippen molar-refractivity contribution in [2.24, 2.45) is 0 Å². The normalized spacial score (nSPS) is 14.3. The summed E-state index contributed by atoms with van der Waals surface area (Å²) in [5, 5.41) is 0. The predicted molar refractivity (Wildman–Crippen MR) is 84.4 cm³/mol. The van der Waals surface area contributed by atoms with E-state index in [1.165, 1.54) is 29.7 Å². The number of hydrogen-bond donors (Lipinski definition) is 1. The molecule has 3 rings (SSSR count). The van der Waals surface area contributed by atoms with Gasteiger partial charge in [0.1, 0.15) is 0 Å². The molecule has 1 heterocycles. The molecule has 1 aliphatic rings. The molecule has 3 heteroatoms. The van der Waals surface area contributed by atoms with Crippen LogP contribution in [0.5, 0.6) is 0 Å². The Morgan fingerprint density at radius 3 is 2.84 bits per heavy atom. The molecule has 0 fully saturated rings. The number of hydrogen-bond acceptors (Lipinski definition) is 2. The number of nitrogens with zero attached hydrogens (tertiary/aromatic N) is 1. The molecule has 2 aromatic rings. The van der Waals surface area contributed by atoms with Crippen LogP contribution in [-0.4, -0.2) is 6.54 Å². The van der Waals surface area contributed by atoms with Crippen LogP contribution in [-0.2, 0) is 13.0 Å². The van der Waals surface area contributed by atoms with Crippen LogP contribution in [0.2, 0.25) is 0 Å². The minimum Gasteiger partial charge on any atom is -0.399 e. The first-order valence-corrected chi connectivity index (χ1v) is 7.39. The highest BCUT2D eigenvalue weighted by Gasteiger charge is 2.16. The molecule has 2 aromatic carbocycles. The molecule has 0 atom stereocenters. The standard InChI is InChI=1S/C16H17BrN2/c17-14-8-12(9-15(18)10-14)11-19-7-3-5-13-4-1-2-6-16(13)19/h1-2,4,6,8-10H,3,5,7,11,18H2. The van der Waals surface area contributed by atoms with Gasteiger partial charge in [-0.25, -0.2) is 0 Å². The summed E-state index contributed by atoms with van der Waals surface area (Å²) in [6.07, 6.45) is 2.41. The molecule has 0 amide bonds. The second-order valence-electron chi connectivity index (χ2n) is 5.05. The number of fused-ring (bicyclic) bond motifs is 1. The Morgan fingerprint density at radius 2 is 2.00 bits per heavy atom. The lowest BCUT2D eigenvalue weighted by Crippen LogP contribution is -2.28. The topological polar surface area (TPSA) is 29.3 Å². The van der Waals surface area contributed by atoms with Crippen LogP contribution < -0.4 is 10.6 Å². The number of anilines is 2. The molecular weight excluding hydrogens is 300 g/mol. The van der Waals surface area contributed by atoms with Gasteiger partial charge in [-0.05, 0) is 48.2 Å². The van der Waals surface area contributed by atoms with Crippen molar-refractivity contribution in [3.05, 3.63) is 58.1 Å². The summed E-state index contributed by atoms with van der Waals surface area (Å²) in [6.45, 7) is 2.03. The first kappa shape index (κ1) is 12.5. The Bertz CT molecular complexity index is 575. The first-order chi connectivity index (χ1) is 9.22. The first-order valence-electron chi connectivity index (χ1n) is 6.60. The second kappa shape index (κ2) is 5.25. The predicted octanol–water partition coefficient (Wildman–Crippen LogP) is 3.98. The Hall–Kier alpha value is -1.48. The number of nitrogen functional groups attached to an aromatic ring is 1. The lowest BCUT2D eigenvalue weighted by atomic mass is 10.0. The molecule has 0 unspecified atom stereocenters. The summed E-state index contributed by atoms with van der Waals surface area (Å²) in [4.78, 5) is 2.44. The molecule has 19 heavy (non-hydrogen) atoms. The Morgan fingerprint density at radius 1 is 1.16 bits per heavy atom. The summed E-state index contributed by atoms with van der Waals surface area (Å²) < 4.78 is 1.05. The van der Waals surface area contributed by atoms with E-state index < -0.39 is 0 Å². The van der Waals surface area contributed by atoms with Gasteiger partial charge >= 0.3 is 0 Å². The van der Waals surface area contributed by atoms with Crippen molar-refractivity contribution in [1.29, 1.82) is 0 Å². The van der Waals surface area contributed by atoms with E-state index in [9.17, 15) is 0 Å². The van der Waals surface area contributed by atoms with E-state index in [2.05, 4.69) is 57.2 Å². The Kier molecular flexibility index (Phi) is 3.47. The van der Waals surface area contributed by atoms with E-state index in [1.54, 1.807) is 0 Å². The number of aryl methyl sites for hydroxylation is 1. The Balaban J connectivity index is 1.88. The molecule has 0 aliphatic carbocycles. The number of nitrogens with two attached hydrogens (primary N) is 1. The van der Waals surface area contributed by atoms with Gasteiger partial charge in [-0.3, -0.25) is 0 Å². The van der Waals surface area contributed by atoms with Crippen LogP contribution >= 0.6 is 15.9 Å². The van der Waals surface area contributed by atoms with Crippen LogP contribution in [0, 0.1) is 0 Å². The average molecular weight is 317 g/mol. The maximum absolute atomic E-state index is 5.91. The zero-order chi connectivity index (χ0) is 13.2. The third-order valence-corrected chi connectivity index (χ3v) is 4.02. The van der Waals surface area contributed by atoms with Gasteiger partial charge in [0.25, 0.3) is 0 Å². The van der Waals surface area contributed by atoms with Gasteiger partial charge in [-0.15, -0.1) is 0 Å². The van der Waals surface area contributed by atoms with Gasteiger partial charge in [0.05, 0.1) is 0 Å². The molecule has 0 saturated heterocycles. The summed E-state index contributed by atoms with van der Waals surface area (Å²) in [5.74, 6) is 0. The van der Waals surface area contributed by atoms with Gasteiger partial charge in [0.2, 0.25) is 0 Å². The summed E-state index contributed by atoms with van der Waals surface area (Å²) in [6, 6.07) is 14.8. The quantitative estimate of drug-likeness (QED) is 0.849. The number of halogens is 1. The van der Waals surface area contributed by atoms with E-state index in [0.717, 1.165) is 23.2 Å². The zero-order valence-electron chi connectivity index (χ0n) is 10.8.